The smallest absolute Gasteiger partial charge is 0.140 e. The summed E-state index contributed by atoms with van der Waals surface area (Å²) in [5.74, 6) is -0.479. The van der Waals surface area contributed by atoms with Gasteiger partial charge in [0.15, 0.2) is 0 Å². The molecule has 0 saturated heterocycles. The molecule has 0 aliphatic carbocycles. The van der Waals surface area contributed by atoms with Crippen LogP contribution in [0.4, 0.5) is 8.78 Å². The van der Waals surface area contributed by atoms with E-state index in [9.17, 15) is 8.78 Å². The number of benzene rings is 1. The minimum absolute atomic E-state index is 0.0666. The quantitative estimate of drug-likeness (QED) is 0.616. The van der Waals surface area contributed by atoms with Crippen molar-refractivity contribution in [2.24, 2.45) is 0 Å². The van der Waals surface area contributed by atoms with E-state index in [1.165, 1.54) is 12.1 Å². The van der Waals surface area contributed by atoms with Gasteiger partial charge in [-0.3, -0.25) is 0 Å². The van der Waals surface area contributed by atoms with Gasteiger partial charge in [0.05, 0.1) is 11.5 Å². The fourth-order valence-electron chi connectivity index (χ4n) is 1.28. The summed E-state index contributed by atoms with van der Waals surface area (Å²) in [7, 11) is 3.29. The van der Waals surface area contributed by atoms with Gasteiger partial charge in [0, 0.05) is 19.4 Å². The molecule has 5 heteroatoms. The summed E-state index contributed by atoms with van der Waals surface area (Å²) in [5, 5.41) is 2.85. The van der Waals surface area contributed by atoms with Crippen molar-refractivity contribution in [3.63, 3.8) is 0 Å². The van der Waals surface area contributed by atoms with Crippen LogP contribution in [0, 0.1) is 11.6 Å². The molecule has 1 aromatic carbocycles. The van der Waals surface area contributed by atoms with Gasteiger partial charge in [-0.15, -0.1) is 11.8 Å². The Morgan fingerprint density at radius 3 is 2.44 bits per heavy atom. The highest BCUT2D eigenvalue weighted by molar-refractivity contribution is 7.99. The van der Waals surface area contributed by atoms with Crippen LogP contribution in [0.2, 0.25) is 0 Å². The van der Waals surface area contributed by atoms with Crippen LogP contribution in [0.5, 0.6) is 0 Å². The summed E-state index contributed by atoms with van der Waals surface area (Å²) in [5.41, 5.74) is 0.605. The molecule has 1 aromatic rings. The molecule has 0 heterocycles. The summed E-state index contributed by atoms with van der Waals surface area (Å²) >= 11 is 1.13. The van der Waals surface area contributed by atoms with Gasteiger partial charge in [-0.25, -0.2) is 8.78 Å². The van der Waals surface area contributed by atoms with Crippen molar-refractivity contribution in [3.05, 3.63) is 29.3 Å². The molecule has 1 rings (SSSR count). The molecule has 0 amide bonds. The van der Waals surface area contributed by atoms with Gasteiger partial charge in [0.1, 0.15) is 11.6 Å². The highest BCUT2D eigenvalue weighted by Crippen LogP contribution is 2.26. The predicted octanol–water partition coefficient (Wildman–Crippen LogP) is 2.42. The molecule has 0 spiro atoms. The number of hydrogen-bond acceptors (Lipinski definition) is 3. The molecule has 0 aliphatic heterocycles. The van der Waals surface area contributed by atoms with Crippen LogP contribution < -0.4 is 5.32 Å². The van der Waals surface area contributed by atoms with Crippen LogP contribution in [0.25, 0.3) is 0 Å². The van der Waals surface area contributed by atoms with E-state index in [4.69, 9.17) is 4.74 Å². The van der Waals surface area contributed by atoms with Crippen molar-refractivity contribution >= 4 is 11.8 Å². The van der Waals surface area contributed by atoms with E-state index in [0.29, 0.717) is 24.5 Å². The first kappa shape index (κ1) is 13.4. The normalized spacial score (nSPS) is 10.8. The molecule has 0 radical (unpaired) electrons. The molecule has 90 valence electrons. The zero-order valence-corrected chi connectivity index (χ0v) is 10.2. The minimum Gasteiger partial charge on any atom is -0.384 e. The monoisotopic (exact) mass is 247 g/mol. The lowest BCUT2D eigenvalue weighted by Gasteiger charge is -2.07. The Hall–Kier alpha value is -0.650. The second-order valence-corrected chi connectivity index (χ2v) is 4.37. The van der Waals surface area contributed by atoms with E-state index < -0.39 is 11.6 Å². The molecule has 0 aliphatic rings. The first-order chi connectivity index (χ1) is 7.69. The van der Waals surface area contributed by atoms with Crippen molar-refractivity contribution in [2.45, 2.75) is 11.4 Å². The Morgan fingerprint density at radius 2 is 1.94 bits per heavy atom. The van der Waals surface area contributed by atoms with Crippen LogP contribution in [0.15, 0.2) is 17.0 Å². The maximum atomic E-state index is 13.5. The number of halogens is 2. The van der Waals surface area contributed by atoms with Crippen LogP contribution in [-0.2, 0) is 11.3 Å². The van der Waals surface area contributed by atoms with E-state index in [1.54, 1.807) is 14.2 Å². The van der Waals surface area contributed by atoms with Gasteiger partial charge in [-0.1, -0.05) is 0 Å². The van der Waals surface area contributed by atoms with Gasteiger partial charge < -0.3 is 10.1 Å². The zero-order valence-electron chi connectivity index (χ0n) is 9.35. The molecule has 1 N–H and O–H groups in total. The van der Waals surface area contributed by atoms with E-state index >= 15 is 0 Å². The van der Waals surface area contributed by atoms with E-state index in [-0.39, 0.29) is 4.90 Å². The third kappa shape index (κ3) is 3.73. The van der Waals surface area contributed by atoms with Gasteiger partial charge in [0.2, 0.25) is 0 Å². The molecule has 0 unspecified atom stereocenters. The minimum atomic E-state index is -0.508. The van der Waals surface area contributed by atoms with Crippen molar-refractivity contribution in [2.75, 3.05) is 26.5 Å². The summed E-state index contributed by atoms with van der Waals surface area (Å²) in [6.45, 7) is 0.929. The second-order valence-electron chi connectivity index (χ2n) is 3.26. The molecule has 0 aromatic heterocycles. The third-order valence-corrected chi connectivity index (χ3v) is 3.02. The highest BCUT2D eigenvalue weighted by atomic mass is 32.2. The number of thioether (sulfide) groups is 1. The highest BCUT2D eigenvalue weighted by Gasteiger charge is 2.11. The first-order valence-corrected chi connectivity index (χ1v) is 5.92. The summed E-state index contributed by atoms with van der Waals surface area (Å²) in [6.07, 6.45) is 0. The average Bonchev–Trinajstić information content (AvgIpc) is 2.23. The Kier molecular flexibility index (Phi) is 5.73. The number of methoxy groups -OCH3 is 1. The maximum Gasteiger partial charge on any atom is 0.140 e. The third-order valence-electron chi connectivity index (χ3n) is 1.97. The van der Waals surface area contributed by atoms with E-state index in [0.717, 1.165) is 11.8 Å². The topological polar surface area (TPSA) is 21.3 Å². The molecule has 2 nitrogen and oxygen atoms in total. The molecule has 16 heavy (non-hydrogen) atoms. The lowest BCUT2D eigenvalue weighted by molar-refractivity contribution is 0.218. The first-order valence-electron chi connectivity index (χ1n) is 4.93. The Bertz CT molecular complexity index is 324. The lowest BCUT2D eigenvalue weighted by atomic mass is 10.2. The van der Waals surface area contributed by atoms with Gasteiger partial charge in [0.25, 0.3) is 0 Å². The molecule has 0 saturated carbocycles. The van der Waals surface area contributed by atoms with Crippen LogP contribution in [0.3, 0.4) is 0 Å². The second kappa shape index (κ2) is 6.83. The van der Waals surface area contributed by atoms with E-state index in [2.05, 4.69) is 5.32 Å². The van der Waals surface area contributed by atoms with Crippen molar-refractivity contribution in [3.8, 4) is 0 Å². The number of ether oxygens (including phenoxy) is 1. The molecular weight excluding hydrogens is 232 g/mol. The molecular formula is C11H15F2NOS. The maximum absolute atomic E-state index is 13.5. The molecule has 0 bridgehead atoms. The zero-order chi connectivity index (χ0) is 12.0. The molecule has 0 fully saturated rings. The fourth-order valence-corrected chi connectivity index (χ4v) is 2.13. The molecule has 0 atom stereocenters. The Morgan fingerprint density at radius 1 is 1.31 bits per heavy atom. The number of rotatable bonds is 6. The lowest BCUT2D eigenvalue weighted by Crippen LogP contribution is -2.06. The number of hydrogen-bond donors (Lipinski definition) is 1. The predicted molar refractivity (Wildman–Crippen MR) is 61.7 cm³/mol. The Balaban J connectivity index is 2.77. The average molecular weight is 247 g/mol. The van der Waals surface area contributed by atoms with E-state index in [1.807, 2.05) is 0 Å². The summed E-state index contributed by atoms with van der Waals surface area (Å²) < 4.78 is 31.9. The van der Waals surface area contributed by atoms with Crippen LogP contribution >= 0.6 is 11.8 Å². The summed E-state index contributed by atoms with van der Waals surface area (Å²) in [6, 6.07) is 2.71. The van der Waals surface area contributed by atoms with Gasteiger partial charge in [-0.05, 0) is 24.7 Å². The summed E-state index contributed by atoms with van der Waals surface area (Å²) in [4.78, 5) is 0.0666. The van der Waals surface area contributed by atoms with Crippen LogP contribution in [0.1, 0.15) is 5.56 Å². The largest absolute Gasteiger partial charge is 0.384 e. The van der Waals surface area contributed by atoms with Crippen molar-refractivity contribution in [1.29, 1.82) is 0 Å². The van der Waals surface area contributed by atoms with Crippen molar-refractivity contribution < 1.29 is 13.5 Å². The Labute approximate surface area is 98.4 Å². The van der Waals surface area contributed by atoms with Gasteiger partial charge in [-0.2, -0.15) is 0 Å². The SMILES string of the molecule is CNCc1cc(F)c(SCCOC)c(F)c1. The van der Waals surface area contributed by atoms with Crippen LogP contribution in [-0.4, -0.2) is 26.5 Å². The van der Waals surface area contributed by atoms with Crippen molar-refractivity contribution in [1.82, 2.24) is 5.32 Å². The fraction of sp³-hybridized carbons (Fsp3) is 0.455. The standard InChI is InChI=1S/C11H15F2NOS/c1-14-7-8-5-9(12)11(10(13)6-8)16-4-3-15-2/h5-6,14H,3-4,7H2,1-2H3. The van der Waals surface area contributed by atoms with Gasteiger partial charge >= 0.3 is 0 Å². The number of nitrogens with one attached hydrogen (secondary N) is 1.